The van der Waals surface area contributed by atoms with Crippen LogP contribution in [0.15, 0.2) is 12.2 Å². The van der Waals surface area contributed by atoms with E-state index in [0.717, 1.165) is 18.9 Å². The molecule has 2 aliphatic carbocycles. The van der Waals surface area contributed by atoms with E-state index in [1.54, 1.807) is 0 Å². The summed E-state index contributed by atoms with van der Waals surface area (Å²) in [4.78, 5) is 0. The van der Waals surface area contributed by atoms with Crippen molar-refractivity contribution in [2.24, 2.45) is 11.8 Å². The maximum absolute atomic E-state index is 7.00. The van der Waals surface area contributed by atoms with Crippen LogP contribution in [0.3, 0.4) is 0 Å². The Morgan fingerprint density at radius 2 is 1.33 bits per heavy atom. The molecule has 2 atom stereocenters. The van der Waals surface area contributed by atoms with E-state index in [4.69, 9.17) is 5.11 Å². The topological polar surface area (TPSA) is 20.2 Å². The van der Waals surface area contributed by atoms with Crippen LogP contribution in [0.2, 0.25) is 0 Å². The first-order valence-corrected chi connectivity index (χ1v) is 5.06. The number of hydrogen-bond acceptors (Lipinski definition) is 1. The van der Waals surface area contributed by atoms with Gasteiger partial charge >= 0.3 is 0 Å². The normalized spacial score (nSPS) is 33.2. The van der Waals surface area contributed by atoms with Gasteiger partial charge < -0.3 is 5.11 Å². The second kappa shape index (κ2) is 5.36. The van der Waals surface area contributed by atoms with Gasteiger partial charge in [-0.25, -0.2) is 0 Å². The van der Waals surface area contributed by atoms with Crippen LogP contribution >= 0.6 is 0 Å². The molecule has 0 aromatic heterocycles. The number of fused-ring (bicyclic) bond motifs is 1. The standard InChI is InChI=1S/C10H16.CH4O/c1-2-6-10-8-4-3-7-9(10)5-1;1-2/h1-2,9-10H,3-8H2;2H,1H3. The fourth-order valence-electron chi connectivity index (χ4n) is 2.45. The van der Waals surface area contributed by atoms with Crippen LogP contribution in [0.25, 0.3) is 0 Å². The Morgan fingerprint density at radius 1 is 0.917 bits per heavy atom. The van der Waals surface area contributed by atoms with Gasteiger partial charge in [-0.1, -0.05) is 25.0 Å². The first-order chi connectivity index (χ1) is 5.97. The Labute approximate surface area is 75.5 Å². The van der Waals surface area contributed by atoms with Gasteiger partial charge in [0, 0.05) is 7.11 Å². The van der Waals surface area contributed by atoms with Crippen molar-refractivity contribution in [3.63, 3.8) is 0 Å². The lowest BCUT2D eigenvalue weighted by atomic mass is 9.73. The van der Waals surface area contributed by atoms with Gasteiger partial charge in [-0.3, -0.25) is 0 Å². The van der Waals surface area contributed by atoms with E-state index in [9.17, 15) is 0 Å². The van der Waals surface area contributed by atoms with Crippen molar-refractivity contribution >= 4 is 0 Å². The summed E-state index contributed by atoms with van der Waals surface area (Å²) in [6, 6.07) is 0. The molecule has 0 saturated heterocycles. The van der Waals surface area contributed by atoms with Gasteiger partial charge in [0.1, 0.15) is 0 Å². The molecule has 1 fully saturated rings. The molecule has 0 aromatic carbocycles. The Kier molecular flexibility index (Phi) is 4.37. The number of allylic oxidation sites excluding steroid dienone is 2. The molecule has 2 rings (SSSR count). The Balaban J connectivity index is 0.000000336. The molecule has 70 valence electrons. The molecule has 0 bridgehead atoms. The highest BCUT2D eigenvalue weighted by Gasteiger charge is 2.24. The van der Waals surface area contributed by atoms with Gasteiger partial charge in [0.25, 0.3) is 0 Å². The predicted molar refractivity (Wildman–Crippen MR) is 52.0 cm³/mol. The van der Waals surface area contributed by atoms with Gasteiger partial charge in [0.2, 0.25) is 0 Å². The van der Waals surface area contributed by atoms with E-state index < -0.39 is 0 Å². The molecule has 0 heterocycles. The van der Waals surface area contributed by atoms with Crippen molar-refractivity contribution in [1.82, 2.24) is 0 Å². The second-order valence-corrected chi connectivity index (χ2v) is 3.75. The maximum atomic E-state index is 7.00. The monoisotopic (exact) mass is 168 g/mol. The van der Waals surface area contributed by atoms with E-state index >= 15 is 0 Å². The molecule has 0 amide bonds. The lowest BCUT2D eigenvalue weighted by Crippen LogP contribution is -2.20. The maximum Gasteiger partial charge on any atom is 0.0319 e. The van der Waals surface area contributed by atoms with E-state index in [1.807, 2.05) is 0 Å². The summed E-state index contributed by atoms with van der Waals surface area (Å²) in [6.07, 6.45) is 13.5. The zero-order valence-electron chi connectivity index (χ0n) is 8.00. The van der Waals surface area contributed by atoms with Crippen LogP contribution in [-0.4, -0.2) is 12.2 Å². The smallest absolute Gasteiger partial charge is 0.0319 e. The highest BCUT2D eigenvalue weighted by Crippen LogP contribution is 2.37. The van der Waals surface area contributed by atoms with Crippen molar-refractivity contribution < 1.29 is 5.11 Å². The third-order valence-corrected chi connectivity index (χ3v) is 3.11. The van der Waals surface area contributed by atoms with Gasteiger partial charge in [-0.05, 0) is 37.5 Å². The van der Waals surface area contributed by atoms with Crippen LogP contribution in [0, 0.1) is 11.8 Å². The molecule has 1 nitrogen and oxygen atoms in total. The molecule has 2 aliphatic rings. The fourth-order valence-corrected chi connectivity index (χ4v) is 2.45. The molecule has 0 spiro atoms. The summed E-state index contributed by atoms with van der Waals surface area (Å²) >= 11 is 0. The SMILES string of the molecule is C1=CCC2CCCCC2C1.CO. The van der Waals surface area contributed by atoms with Gasteiger partial charge in [0.15, 0.2) is 0 Å². The molecular weight excluding hydrogens is 148 g/mol. The minimum absolute atomic E-state index is 1.00. The van der Waals surface area contributed by atoms with Gasteiger partial charge in [0.05, 0.1) is 0 Å². The molecule has 1 heteroatoms. The first kappa shape index (κ1) is 9.79. The van der Waals surface area contributed by atoms with Crippen molar-refractivity contribution in [3.8, 4) is 0 Å². The largest absolute Gasteiger partial charge is 0.400 e. The summed E-state index contributed by atoms with van der Waals surface area (Å²) in [6.45, 7) is 0. The van der Waals surface area contributed by atoms with Crippen molar-refractivity contribution in [2.45, 2.75) is 38.5 Å². The summed E-state index contributed by atoms with van der Waals surface area (Å²) in [5.41, 5.74) is 0. The van der Waals surface area contributed by atoms with Crippen LogP contribution < -0.4 is 0 Å². The van der Waals surface area contributed by atoms with Crippen molar-refractivity contribution in [1.29, 1.82) is 0 Å². The first-order valence-electron chi connectivity index (χ1n) is 5.06. The average Bonchev–Trinajstić information content (AvgIpc) is 2.21. The molecule has 2 unspecified atom stereocenters. The fraction of sp³-hybridized carbons (Fsp3) is 0.818. The van der Waals surface area contributed by atoms with E-state index in [1.165, 1.54) is 38.5 Å². The minimum Gasteiger partial charge on any atom is -0.400 e. The zero-order valence-corrected chi connectivity index (χ0v) is 8.00. The van der Waals surface area contributed by atoms with Gasteiger partial charge in [-0.2, -0.15) is 0 Å². The van der Waals surface area contributed by atoms with Crippen LogP contribution in [0.4, 0.5) is 0 Å². The van der Waals surface area contributed by atoms with E-state index in [2.05, 4.69) is 12.2 Å². The summed E-state index contributed by atoms with van der Waals surface area (Å²) in [5.74, 6) is 2.14. The molecule has 12 heavy (non-hydrogen) atoms. The van der Waals surface area contributed by atoms with Crippen LogP contribution in [0.1, 0.15) is 38.5 Å². The number of aliphatic hydroxyl groups is 1. The summed E-state index contributed by atoms with van der Waals surface area (Å²) in [7, 11) is 1.00. The highest BCUT2D eigenvalue weighted by atomic mass is 16.2. The Bertz CT molecular complexity index is 124. The zero-order chi connectivity index (χ0) is 8.81. The number of aliphatic hydroxyl groups excluding tert-OH is 1. The number of hydrogen-bond donors (Lipinski definition) is 1. The molecule has 1 saturated carbocycles. The molecular formula is C11H20O. The van der Waals surface area contributed by atoms with Gasteiger partial charge in [-0.15, -0.1) is 0 Å². The average molecular weight is 168 g/mol. The lowest BCUT2D eigenvalue weighted by Gasteiger charge is -2.32. The number of rotatable bonds is 0. The van der Waals surface area contributed by atoms with Crippen molar-refractivity contribution in [3.05, 3.63) is 12.2 Å². The second-order valence-electron chi connectivity index (χ2n) is 3.75. The third kappa shape index (κ3) is 2.34. The minimum atomic E-state index is 1.00. The third-order valence-electron chi connectivity index (χ3n) is 3.11. The van der Waals surface area contributed by atoms with Crippen molar-refractivity contribution in [2.75, 3.05) is 7.11 Å². The molecule has 1 N–H and O–H groups in total. The van der Waals surface area contributed by atoms with Crippen LogP contribution in [-0.2, 0) is 0 Å². The Hall–Kier alpha value is -0.300. The molecule has 0 radical (unpaired) electrons. The molecule has 0 aromatic rings. The summed E-state index contributed by atoms with van der Waals surface area (Å²) in [5, 5.41) is 7.00. The summed E-state index contributed by atoms with van der Waals surface area (Å²) < 4.78 is 0. The van der Waals surface area contributed by atoms with E-state index in [-0.39, 0.29) is 0 Å². The lowest BCUT2D eigenvalue weighted by molar-refractivity contribution is 0.231. The van der Waals surface area contributed by atoms with Crippen LogP contribution in [0.5, 0.6) is 0 Å². The van der Waals surface area contributed by atoms with E-state index in [0.29, 0.717) is 0 Å². The molecule has 0 aliphatic heterocycles. The quantitative estimate of drug-likeness (QED) is 0.551. The predicted octanol–water partition coefficient (Wildman–Crippen LogP) is 2.75. The Morgan fingerprint density at radius 3 is 1.75 bits per heavy atom. The highest BCUT2D eigenvalue weighted by molar-refractivity contribution is 4.95.